The van der Waals surface area contributed by atoms with Crippen LogP contribution >= 0.6 is 0 Å². The molecule has 1 aliphatic rings. The minimum absolute atomic E-state index is 0.0326. The Balaban J connectivity index is 1.51. The minimum atomic E-state index is -0.950. The molecule has 0 bridgehead atoms. The van der Waals surface area contributed by atoms with Crippen LogP contribution in [-0.4, -0.2) is 67.4 Å². The van der Waals surface area contributed by atoms with Crippen LogP contribution in [0.4, 0.5) is 4.79 Å². The van der Waals surface area contributed by atoms with Gasteiger partial charge in [-0.1, -0.05) is 55.5 Å². The van der Waals surface area contributed by atoms with E-state index >= 15 is 0 Å². The van der Waals surface area contributed by atoms with Gasteiger partial charge in [0.2, 0.25) is 5.91 Å². The van der Waals surface area contributed by atoms with Gasteiger partial charge in [-0.3, -0.25) is 9.59 Å². The van der Waals surface area contributed by atoms with Crippen molar-refractivity contribution in [1.29, 1.82) is 0 Å². The van der Waals surface area contributed by atoms with E-state index in [1.54, 1.807) is 0 Å². The monoisotopic (exact) mass is 468 g/mol. The molecular weight excluding hydrogens is 436 g/mol. The van der Waals surface area contributed by atoms with Crippen LogP contribution in [0.15, 0.2) is 48.5 Å². The number of amides is 2. The molecule has 0 spiro atoms. The second-order valence-electron chi connectivity index (χ2n) is 8.29. The van der Waals surface area contributed by atoms with Crippen molar-refractivity contribution in [3.63, 3.8) is 0 Å². The summed E-state index contributed by atoms with van der Waals surface area (Å²) in [5.74, 6) is -1.19. The molecule has 8 heteroatoms. The first-order chi connectivity index (χ1) is 16.4. The highest BCUT2D eigenvalue weighted by Crippen LogP contribution is 2.44. The van der Waals surface area contributed by atoms with Crippen molar-refractivity contribution in [1.82, 2.24) is 10.2 Å². The fraction of sp³-hybridized carbons (Fsp3) is 0.423. The van der Waals surface area contributed by atoms with Crippen molar-refractivity contribution >= 4 is 18.0 Å². The van der Waals surface area contributed by atoms with E-state index in [2.05, 4.69) is 29.6 Å². The number of carboxylic acid groups (broad SMARTS) is 1. The van der Waals surface area contributed by atoms with Gasteiger partial charge in [-0.25, -0.2) is 4.79 Å². The van der Waals surface area contributed by atoms with Crippen molar-refractivity contribution in [2.75, 3.05) is 33.4 Å². The molecule has 2 aromatic carbocycles. The van der Waals surface area contributed by atoms with Gasteiger partial charge in [-0.2, -0.15) is 0 Å². The summed E-state index contributed by atoms with van der Waals surface area (Å²) < 4.78 is 10.9. The second kappa shape index (κ2) is 12.2. The summed E-state index contributed by atoms with van der Waals surface area (Å²) in [7, 11) is 1.47. The molecule has 0 aliphatic heterocycles. The highest BCUT2D eigenvalue weighted by atomic mass is 16.5. The first kappa shape index (κ1) is 25.2. The lowest BCUT2D eigenvalue weighted by Gasteiger charge is -2.24. The van der Waals surface area contributed by atoms with Crippen molar-refractivity contribution in [3.8, 4) is 11.1 Å². The molecule has 2 aromatic rings. The zero-order chi connectivity index (χ0) is 24.5. The number of hydrogen-bond donors (Lipinski definition) is 2. The van der Waals surface area contributed by atoms with Crippen LogP contribution in [0.25, 0.3) is 11.1 Å². The van der Waals surface area contributed by atoms with Gasteiger partial charge in [0.25, 0.3) is 0 Å². The van der Waals surface area contributed by atoms with E-state index in [4.69, 9.17) is 14.6 Å². The van der Waals surface area contributed by atoms with Crippen LogP contribution in [0.5, 0.6) is 0 Å². The standard InChI is InChI=1S/C26H32N2O6/c1-3-13-28(14-12-25(30)31)24(29)15-18(33-2)16-27-26(32)34-17-23-21-10-6-4-8-19(21)20-9-5-7-11-22(20)23/h4-11,18,23H,3,12-17H2,1-2H3,(H,27,32)(H,30,31). The number of ether oxygens (including phenoxy) is 2. The van der Waals surface area contributed by atoms with Gasteiger partial charge in [-0.05, 0) is 28.7 Å². The summed E-state index contributed by atoms with van der Waals surface area (Å²) in [6, 6.07) is 16.2. The van der Waals surface area contributed by atoms with E-state index in [1.807, 2.05) is 31.2 Å². The molecule has 0 fully saturated rings. The normalized spacial score (nSPS) is 13.0. The third-order valence-corrected chi connectivity index (χ3v) is 6.00. The number of carbonyl (C=O) groups excluding carboxylic acids is 2. The zero-order valence-electron chi connectivity index (χ0n) is 19.7. The molecule has 1 unspecified atom stereocenters. The van der Waals surface area contributed by atoms with Gasteiger partial charge in [0, 0.05) is 32.7 Å². The maximum absolute atomic E-state index is 12.6. The van der Waals surface area contributed by atoms with Crippen molar-refractivity contribution < 1.29 is 29.0 Å². The first-order valence-electron chi connectivity index (χ1n) is 11.6. The number of carboxylic acids is 1. The number of aliphatic carboxylic acids is 1. The lowest BCUT2D eigenvalue weighted by molar-refractivity contribution is -0.139. The highest BCUT2D eigenvalue weighted by molar-refractivity contribution is 5.79. The molecule has 3 rings (SSSR count). The molecule has 1 atom stereocenters. The Morgan fingerprint density at radius 1 is 1.03 bits per heavy atom. The van der Waals surface area contributed by atoms with Gasteiger partial charge in [0.15, 0.2) is 0 Å². The Kier molecular flexibility index (Phi) is 9.04. The van der Waals surface area contributed by atoms with Gasteiger partial charge >= 0.3 is 12.1 Å². The van der Waals surface area contributed by atoms with E-state index < -0.39 is 18.2 Å². The van der Waals surface area contributed by atoms with E-state index in [0.717, 1.165) is 28.7 Å². The summed E-state index contributed by atoms with van der Waals surface area (Å²) in [5, 5.41) is 11.6. The summed E-state index contributed by atoms with van der Waals surface area (Å²) in [6.07, 6.45) is -0.466. The zero-order valence-corrected chi connectivity index (χ0v) is 19.7. The van der Waals surface area contributed by atoms with E-state index in [0.29, 0.717) is 6.54 Å². The van der Waals surface area contributed by atoms with Crippen LogP contribution in [0, 0.1) is 0 Å². The predicted molar refractivity (Wildman–Crippen MR) is 128 cm³/mol. The Labute approximate surface area is 199 Å². The fourth-order valence-corrected chi connectivity index (χ4v) is 4.27. The second-order valence-corrected chi connectivity index (χ2v) is 8.29. The SMILES string of the molecule is CCCN(CCC(=O)O)C(=O)CC(CNC(=O)OCC1c2ccccc2-c2ccccc21)OC. The molecule has 0 radical (unpaired) electrons. The molecule has 0 saturated heterocycles. The predicted octanol–water partition coefficient (Wildman–Crippen LogP) is 3.64. The third-order valence-electron chi connectivity index (χ3n) is 6.00. The molecule has 0 saturated carbocycles. The number of nitrogens with zero attached hydrogens (tertiary/aromatic N) is 1. The average molecular weight is 469 g/mol. The van der Waals surface area contributed by atoms with Crippen molar-refractivity contribution in [2.45, 2.75) is 38.2 Å². The molecule has 2 amide bonds. The number of fused-ring (bicyclic) bond motifs is 3. The van der Waals surface area contributed by atoms with Crippen LogP contribution in [0.3, 0.4) is 0 Å². The summed E-state index contributed by atoms with van der Waals surface area (Å²) in [4.78, 5) is 37.4. The number of benzene rings is 2. The molecule has 0 heterocycles. The van der Waals surface area contributed by atoms with Crippen LogP contribution < -0.4 is 5.32 Å². The van der Waals surface area contributed by atoms with Gasteiger partial charge < -0.3 is 24.8 Å². The Morgan fingerprint density at radius 2 is 1.65 bits per heavy atom. The van der Waals surface area contributed by atoms with Gasteiger partial charge in [0.1, 0.15) is 6.61 Å². The van der Waals surface area contributed by atoms with Crippen LogP contribution in [0.2, 0.25) is 0 Å². The fourth-order valence-electron chi connectivity index (χ4n) is 4.27. The van der Waals surface area contributed by atoms with Crippen LogP contribution in [0.1, 0.15) is 43.2 Å². The maximum Gasteiger partial charge on any atom is 0.407 e. The smallest absolute Gasteiger partial charge is 0.407 e. The molecular formula is C26H32N2O6. The molecule has 2 N–H and O–H groups in total. The minimum Gasteiger partial charge on any atom is -0.481 e. The van der Waals surface area contributed by atoms with Crippen LogP contribution in [-0.2, 0) is 19.1 Å². The van der Waals surface area contributed by atoms with E-state index in [1.165, 1.54) is 12.0 Å². The molecule has 182 valence electrons. The maximum atomic E-state index is 12.6. The summed E-state index contributed by atoms with van der Waals surface area (Å²) in [6.45, 7) is 2.86. The Morgan fingerprint density at radius 3 is 2.21 bits per heavy atom. The van der Waals surface area contributed by atoms with Gasteiger partial charge in [-0.15, -0.1) is 0 Å². The summed E-state index contributed by atoms with van der Waals surface area (Å²) >= 11 is 0. The largest absolute Gasteiger partial charge is 0.481 e. The number of methoxy groups -OCH3 is 1. The molecule has 34 heavy (non-hydrogen) atoms. The van der Waals surface area contributed by atoms with Crippen molar-refractivity contribution in [3.05, 3.63) is 59.7 Å². The summed E-state index contributed by atoms with van der Waals surface area (Å²) in [5.41, 5.74) is 4.58. The van der Waals surface area contributed by atoms with E-state index in [9.17, 15) is 14.4 Å². The number of rotatable bonds is 12. The Hall–Kier alpha value is -3.39. The highest BCUT2D eigenvalue weighted by Gasteiger charge is 2.29. The number of hydrogen-bond acceptors (Lipinski definition) is 5. The molecule has 0 aromatic heterocycles. The average Bonchev–Trinajstić information content (AvgIpc) is 3.16. The lowest BCUT2D eigenvalue weighted by Crippen LogP contribution is -2.40. The van der Waals surface area contributed by atoms with Gasteiger partial charge in [0.05, 0.1) is 18.9 Å². The lowest BCUT2D eigenvalue weighted by atomic mass is 9.98. The first-order valence-corrected chi connectivity index (χ1v) is 11.6. The number of alkyl carbamates (subject to hydrolysis) is 1. The molecule has 8 nitrogen and oxygen atoms in total. The topological polar surface area (TPSA) is 105 Å². The molecule has 1 aliphatic carbocycles. The Bertz CT molecular complexity index is 963. The number of carbonyl (C=O) groups is 3. The van der Waals surface area contributed by atoms with Crippen molar-refractivity contribution in [2.24, 2.45) is 0 Å². The number of nitrogens with one attached hydrogen (secondary N) is 1. The van der Waals surface area contributed by atoms with E-state index in [-0.39, 0.29) is 44.4 Å². The third kappa shape index (κ3) is 6.35. The quantitative estimate of drug-likeness (QED) is 0.493.